The molecule has 2 aromatic rings. The van der Waals surface area contributed by atoms with Gasteiger partial charge in [-0.2, -0.15) is 0 Å². The number of carbonyl (C=O) groups is 1. The number of carbonyl (C=O) groups excluding carboxylic acids is 1. The smallest absolute Gasteiger partial charge is 0.229 e. The minimum atomic E-state index is 0.0964. The molecular formula is C14H17N5O. The quantitative estimate of drug-likeness (QED) is 0.856. The second-order valence-corrected chi connectivity index (χ2v) is 5.80. The van der Waals surface area contributed by atoms with E-state index in [0.717, 1.165) is 30.7 Å². The molecule has 1 saturated carbocycles. The van der Waals surface area contributed by atoms with Crippen molar-refractivity contribution in [3.05, 3.63) is 24.7 Å². The Bertz CT molecular complexity index is 644. The maximum atomic E-state index is 12.4. The Morgan fingerprint density at radius 3 is 3.10 bits per heavy atom. The third-order valence-corrected chi connectivity index (χ3v) is 4.52. The highest BCUT2D eigenvalue weighted by atomic mass is 16.1. The summed E-state index contributed by atoms with van der Waals surface area (Å²) in [6.45, 7) is 1.07. The lowest BCUT2D eigenvalue weighted by atomic mass is 9.73. The Labute approximate surface area is 116 Å². The van der Waals surface area contributed by atoms with Gasteiger partial charge in [0.15, 0.2) is 5.65 Å². The zero-order chi connectivity index (χ0) is 13.5. The molecule has 3 atom stereocenters. The molecule has 1 amide bonds. The minimum absolute atomic E-state index is 0.0964. The summed E-state index contributed by atoms with van der Waals surface area (Å²) < 4.78 is 1.81. The Hall–Kier alpha value is -1.95. The van der Waals surface area contributed by atoms with Gasteiger partial charge in [0.25, 0.3) is 0 Å². The van der Waals surface area contributed by atoms with Gasteiger partial charge < -0.3 is 10.6 Å². The van der Waals surface area contributed by atoms with Gasteiger partial charge >= 0.3 is 0 Å². The first-order chi connectivity index (χ1) is 9.79. The highest BCUT2D eigenvalue weighted by Crippen LogP contribution is 2.34. The lowest BCUT2D eigenvalue weighted by Gasteiger charge is -2.42. The van der Waals surface area contributed by atoms with Crippen LogP contribution in [0.3, 0.4) is 0 Å². The molecule has 2 N–H and O–H groups in total. The Kier molecular flexibility index (Phi) is 2.70. The number of piperidine rings is 2. The van der Waals surface area contributed by atoms with Crippen LogP contribution in [0.4, 0.5) is 5.69 Å². The van der Waals surface area contributed by atoms with E-state index >= 15 is 0 Å². The van der Waals surface area contributed by atoms with Crippen LogP contribution in [0.2, 0.25) is 0 Å². The third kappa shape index (κ3) is 1.96. The first kappa shape index (κ1) is 11.8. The molecule has 2 bridgehead atoms. The fourth-order valence-corrected chi connectivity index (χ4v) is 3.43. The molecule has 2 aromatic heterocycles. The summed E-state index contributed by atoms with van der Waals surface area (Å²) in [5.41, 5.74) is 1.57. The van der Waals surface area contributed by atoms with Crippen LogP contribution in [0.15, 0.2) is 24.7 Å². The van der Waals surface area contributed by atoms with Crippen LogP contribution in [0.1, 0.15) is 19.3 Å². The number of hydrogen-bond donors (Lipinski definition) is 2. The van der Waals surface area contributed by atoms with Crippen molar-refractivity contribution in [3.63, 3.8) is 0 Å². The molecule has 1 aliphatic carbocycles. The van der Waals surface area contributed by atoms with Crippen LogP contribution in [-0.4, -0.2) is 33.1 Å². The molecule has 6 heteroatoms. The molecule has 20 heavy (non-hydrogen) atoms. The van der Waals surface area contributed by atoms with Gasteiger partial charge in [0, 0.05) is 12.2 Å². The number of fused-ring (bicyclic) bond motifs is 4. The number of hydrogen-bond acceptors (Lipinski definition) is 4. The van der Waals surface area contributed by atoms with E-state index in [9.17, 15) is 4.79 Å². The van der Waals surface area contributed by atoms with Gasteiger partial charge in [-0.25, -0.2) is 0 Å². The number of rotatable bonds is 2. The van der Waals surface area contributed by atoms with E-state index in [1.807, 2.05) is 18.3 Å². The first-order valence-corrected chi connectivity index (χ1v) is 7.13. The number of amides is 1. The van der Waals surface area contributed by atoms with Gasteiger partial charge in [-0.1, -0.05) is 0 Å². The zero-order valence-corrected chi connectivity index (χ0v) is 11.1. The molecule has 2 aliphatic heterocycles. The van der Waals surface area contributed by atoms with E-state index in [1.165, 1.54) is 6.42 Å². The molecule has 3 unspecified atom stereocenters. The van der Waals surface area contributed by atoms with Gasteiger partial charge in [0.1, 0.15) is 6.33 Å². The fraction of sp³-hybridized carbons (Fsp3) is 0.500. The van der Waals surface area contributed by atoms with Gasteiger partial charge in [-0.3, -0.25) is 9.20 Å². The maximum Gasteiger partial charge on any atom is 0.229 e. The minimum Gasteiger partial charge on any atom is -0.324 e. The van der Waals surface area contributed by atoms with Crippen molar-refractivity contribution in [2.75, 3.05) is 11.9 Å². The highest BCUT2D eigenvalue weighted by molar-refractivity contribution is 5.93. The van der Waals surface area contributed by atoms with E-state index in [2.05, 4.69) is 20.8 Å². The van der Waals surface area contributed by atoms with Crippen LogP contribution in [0.5, 0.6) is 0 Å². The molecule has 2 saturated heterocycles. The molecule has 3 aliphatic rings. The van der Waals surface area contributed by atoms with E-state index in [0.29, 0.717) is 12.0 Å². The van der Waals surface area contributed by atoms with Crippen molar-refractivity contribution in [3.8, 4) is 0 Å². The summed E-state index contributed by atoms with van der Waals surface area (Å²) in [6.07, 6.45) is 6.87. The van der Waals surface area contributed by atoms with Crippen LogP contribution in [0, 0.1) is 11.8 Å². The Morgan fingerprint density at radius 2 is 2.35 bits per heavy atom. The predicted molar refractivity (Wildman–Crippen MR) is 74.2 cm³/mol. The molecule has 3 fully saturated rings. The zero-order valence-electron chi connectivity index (χ0n) is 11.1. The lowest BCUT2D eigenvalue weighted by Crippen LogP contribution is -2.53. The van der Waals surface area contributed by atoms with Crippen molar-refractivity contribution in [1.29, 1.82) is 0 Å². The molecule has 5 rings (SSSR count). The topological polar surface area (TPSA) is 71.3 Å². The maximum absolute atomic E-state index is 12.4. The third-order valence-electron chi connectivity index (χ3n) is 4.52. The normalized spacial score (nSPS) is 28.7. The molecule has 4 heterocycles. The van der Waals surface area contributed by atoms with E-state index in [4.69, 9.17) is 0 Å². The highest BCUT2D eigenvalue weighted by Gasteiger charge is 2.39. The summed E-state index contributed by atoms with van der Waals surface area (Å²) in [5.74, 6) is 0.884. The summed E-state index contributed by atoms with van der Waals surface area (Å²) in [7, 11) is 0. The van der Waals surface area contributed by atoms with E-state index < -0.39 is 0 Å². The van der Waals surface area contributed by atoms with Crippen molar-refractivity contribution >= 4 is 17.2 Å². The van der Waals surface area contributed by atoms with Gasteiger partial charge in [0.2, 0.25) is 5.91 Å². The SMILES string of the molecule is O=C(Nc1ccc2nncn2c1)C1CC2CCC1NC2. The summed E-state index contributed by atoms with van der Waals surface area (Å²) in [6, 6.07) is 4.07. The average molecular weight is 271 g/mol. The fourth-order valence-electron chi connectivity index (χ4n) is 3.43. The van der Waals surface area contributed by atoms with Crippen LogP contribution < -0.4 is 10.6 Å². The lowest BCUT2D eigenvalue weighted by molar-refractivity contribution is -0.123. The molecular weight excluding hydrogens is 254 g/mol. The summed E-state index contributed by atoms with van der Waals surface area (Å²) >= 11 is 0. The molecule has 0 spiro atoms. The number of pyridine rings is 1. The molecule has 0 radical (unpaired) electrons. The summed E-state index contributed by atoms with van der Waals surface area (Å²) in [5, 5.41) is 14.3. The second-order valence-electron chi connectivity index (χ2n) is 5.80. The number of nitrogens with one attached hydrogen (secondary N) is 2. The van der Waals surface area contributed by atoms with Gasteiger partial charge in [-0.05, 0) is 43.9 Å². The Morgan fingerprint density at radius 1 is 1.40 bits per heavy atom. The van der Waals surface area contributed by atoms with E-state index in [-0.39, 0.29) is 11.8 Å². The van der Waals surface area contributed by atoms with Crippen molar-refractivity contribution in [2.45, 2.75) is 25.3 Å². The van der Waals surface area contributed by atoms with Crippen molar-refractivity contribution in [2.24, 2.45) is 11.8 Å². The van der Waals surface area contributed by atoms with Crippen LogP contribution >= 0.6 is 0 Å². The first-order valence-electron chi connectivity index (χ1n) is 7.13. The van der Waals surface area contributed by atoms with Crippen LogP contribution in [-0.2, 0) is 4.79 Å². The second kappa shape index (κ2) is 4.56. The largest absolute Gasteiger partial charge is 0.324 e. The molecule has 104 valence electrons. The molecule has 6 nitrogen and oxygen atoms in total. The van der Waals surface area contributed by atoms with Gasteiger partial charge in [0.05, 0.1) is 11.6 Å². The molecule has 0 aromatic carbocycles. The predicted octanol–water partition coefficient (Wildman–Crippen LogP) is 1.06. The van der Waals surface area contributed by atoms with E-state index in [1.54, 1.807) is 10.7 Å². The summed E-state index contributed by atoms with van der Waals surface area (Å²) in [4.78, 5) is 12.4. The Balaban J connectivity index is 1.51. The van der Waals surface area contributed by atoms with Crippen LogP contribution in [0.25, 0.3) is 5.65 Å². The standard InChI is InChI=1S/C14H17N5O/c20-14(11-5-9-1-3-12(11)15-6-9)17-10-2-4-13-18-16-8-19(13)7-10/h2,4,7-9,11-12,15H,1,3,5-6H2,(H,17,20). The number of nitrogens with zero attached hydrogens (tertiary/aromatic N) is 3. The van der Waals surface area contributed by atoms with Crippen molar-refractivity contribution in [1.82, 2.24) is 19.9 Å². The van der Waals surface area contributed by atoms with Crippen molar-refractivity contribution < 1.29 is 4.79 Å². The monoisotopic (exact) mass is 271 g/mol. The van der Waals surface area contributed by atoms with Gasteiger partial charge in [-0.15, -0.1) is 10.2 Å². The number of anilines is 1. The number of aromatic nitrogens is 3. The average Bonchev–Trinajstić information content (AvgIpc) is 2.96.